The van der Waals surface area contributed by atoms with Gasteiger partial charge in [0.05, 0.1) is 27.2 Å². The van der Waals surface area contributed by atoms with E-state index in [1.54, 1.807) is 34.4 Å². The van der Waals surface area contributed by atoms with Crippen molar-refractivity contribution in [2.24, 2.45) is 0 Å². The van der Waals surface area contributed by atoms with Gasteiger partial charge in [0.1, 0.15) is 5.75 Å². The third-order valence-electron chi connectivity index (χ3n) is 4.97. The van der Waals surface area contributed by atoms with E-state index in [4.69, 9.17) is 4.74 Å². The number of rotatable bonds is 4. The van der Waals surface area contributed by atoms with Crippen LogP contribution in [0.4, 0.5) is 0 Å². The first-order valence-corrected chi connectivity index (χ1v) is 11.4. The first-order valence-electron chi connectivity index (χ1n) is 9.19. The zero-order valence-corrected chi connectivity index (χ0v) is 17.8. The number of hydrogen-bond acceptors (Lipinski definition) is 6. The van der Waals surface area contributed by atoms with Crippen LogP contribution in [0, 0.1) is 6.92 Å². The summed E-state index contributed by atoms with van der Waals surface area (Å²) in [7, 11) is -2.06. The number of ether oxygens (including phenoxy) is 1. The van der Waals surface area contributed by atoms with E-state index < -0.39 is 10.0 Å². The number of piperazine rings is 1. The molecular formula is C20H21N3O4S2. The molecule has 1 amide bonds. The molecule has 1 fully saturated rings. The number of thiazole rings is 1. The van der Waals surface area contributed by atoms with Crippen molar-refractivity contribution in [3.05, 3.63) is 53.0 Å². The Morgan fingerprint density at radius 2 is 1.76 bits per heavy atom. The highest BCUT2D eigenvalue weighted by atomic mass is 32.2. The molecule has 0 bridgehead atoms. The summed E-state index contributed by atoms with van der Waals surface area (Å²) < 4.78 is 33.2. The molecule has 152 valence electrons. The number of amides is 1. The van der Waals surface area contributed by atoms with E-state index in [-0.39, 0.29) is 23.9 Å². The fraction of sp³-hybridized carbons (Fsp3) is 0.300. The molecule has 1 aliphatic heterocycles. The van der Waals surface area contributed by atoms with E-state index in [0.29, 0.717) is 24.4 Å². The Kier molecular flexibility index (Phi) is 5.28. The lowest BCUT2D eigenvalue weighted by Crippen LogP contribution is -2.50. The highest BCUT2D eigenvalue weighted by Gasteiger charge is 2.30. The summed E-state index contributed by atoms with van der Waals surface area (Å²) in [4.78, 5) is 19.2. The van der Waals surface area contributed by atoms with Crippen LogP contribution in [0.15, 0.2) is 47.4 Å². The van der Waals surface area contributed by atoms with Gasteiger partial charge in [-0.1, -0.05) is 0 Å². The molecule has 4 rings (SSSR count). The van der Waals surface area contributed by atoms with Gasteiger partial charge < -0.3 is 9.64 Å². The van der Waals surface area contributed by atoms with Gasteiger partial charge >= 0.3 is 0 Å². The fourth-order valence-corrected chi connectivity index (χ4v) is 5.67. The topological polar surface area (TPSA) is 79.8 Å². The first-order chi connectivity index (χ1) is 13.9. The average Bonchev–Trinajstić information content (AvgIpc) is 3.12. The lowest BCUT2D eigenvalue weighted by Gasteiger charge is -2.34. The molecule has 3 aromatic rings. The van der Waals surface area contributed by atoms with Gasteiger partial charge in [0.25, 0.3) is 5.91 Å². The predicted octanol–water partition coefficient (Wildman–Crippen LogP) is 2.76. The number of carbonyl (C=O) groups is 1. The zero-order valence-electron chi connectivity index (χ0n) is 16.2. The Morgan fingerprint density at radius 3 is 2.41 bits per heavy atom. The molecule has 2 heterocycles. The number of nitrogens with zero attached hydrogens (tertiary/aromatic N) is 3. The molecule has 29 heavy (non-hydrogen) atoms. The number of aromatic nitrogens is 1. The van der Waals surface area contributed by atoms with Crippen molar-refractivity contribution in [1.82, 2.24) is 14.2 Å². The van der Waals surface area contributed by atoms with Crippen LogP contribution in [0.5, 0.6) is 5.75 Å². The summed E-state index contributed by atoms with van der Waals surface area (Å²) in [6, 6.07) is 11.8. The van der Waals surface area contributed by atoms with Crippen LogP contribution in [-0.2, 0) is 10.0 Å². The SMILES string of the molecule is COc1ccc(S(=O)(=O)N2CCN(C(=O)c3ccc4nc(C)sc4c3)CC2)cc1. The minimum absolute atomic E-state index is 0.0838. The van der Waals surface area contributed by atoms with Crippen molar-refractivity contribution >= 4 is 37.5 Å². The fourth-order valence-electron chi connectivity index (χ4n) is 3.38. The van der Waals surface area contributed by atoms with Crippen LogP contribution in [0.1, 0.15) is 15.4 Å². The van der Waals surface area contributed by atoms with Crippen molar-refractivity contribution in [1.29, 1.82) is 0 Å². The summed E-state index contributed by atoms with van der Waals surface area (Å²) in [5.41, 5.74) is 1.49. The molecule has 0 N–H and O–H groups in total. The van der Waals surface area contributed by atoms with Gasteiger partial charge in [-0.15, -0.1) is 11.3 Å². The number of benzene rings is 2. The maximum absolute atomic E-state index is 12.9. The Hall–Kier alpha value is -2.49. The Bertz CT molecular complexity index is 1150. The smallest absolute Gasteiger partial charge is 0.253 e. The van der Waals surface area contributed by atoms with E-state index in [2.05, 4.69) is 4.98 Å². The highest BCUT2D eigenvalue weighted by molar-refractivity contribution is 7.89. The Balaban J connectivity index is 1.45. The zero-order chi connectivity index (χ0) is 20.6. The summed E-state index contributed by atoms with van der Waals surface area (Å²) in [5.74, 6) is 0.520. The molecule has 0 saturated carbocycles. The minimum atomic E-state index is -3.59. The lowest BCUT2D eigenvalue weighted by molar-refractivity contribution is 0.0698. The number of sulfonamides is 1. The quantitative estimate of drug-likeness (QED) is 0.635. The molecular weight excluding hydrogens is 410 g/mol. The van der Waals surface area contributed by atoms with Gasteiger partial charge in [-0.25, -0.2) is 13.4 Å². The monoisotopic (exact) mass is 431 g/mol. The third kappa shape index (κ3) is 3.85. The molecule has 0 radical (unpaired) electrons. The normalized spacial score (nSPS) is 15.6. The minimum Gasteiger partial charge on any atom is -0.497 e. The van der Waals surface area contributed by atoms with Crippen molar-refractivity contribution in [2.75, 3.05) is 33.3 Å². The Labute approximate surface area is 173 Å². The van der Waals surface area contributed by atoms with Crippen LogP contribution in [0.3, 0.4) is 0 Å². The summed E-state index contributed by atoms with van der Waals surface area (Å²) >= 11 is 1.56. The maximum Gasteiger partial charge on any atom is 0.253 e. The van der Waals surface area contributed by atoms with E-state index in [1.807, 2.05) is 19.1 Å². The van der Waals surface area contributed by atoms with Crippen LogP contribution in [0.2, 0.25) is 0 Å². The van der Waals surface area contributed by atoms with Gasteiger partial charge in [-0.2, -0.15) is 4.31 Å². The molecule has 2 aromatic carbocycles. The number of hydrogen-bond donors (Lipinski definition) is 0. The Morgan fingerprint density at radius 1 is 1.07 bits per heavy atom. The molecule has 0 spiro atoms. The summed E-state index contributed by atoms with van der Waals surface area (Å²) in [6.07, 6.45) is 0. The number of aryl methyl sites for hydroxylation is 1. The van der Waals surface area contributed by atoms with E-state index in [1.165, 1.54) is 23.5 Å². The number of fused-ring (bicyclic) bond motifs is 1. The van der Waals surface area contributed by atoms with Crippen LogP contribution >= 0.6 is 11.3 Å². The van der Waals surface area contributed by atoms with Crippen molar-refractivity contribution in [3.8, 4) is 5.75 Å². The lowest BCUT2D eigenvalue weighted by atomic mass is 10.2. The second kappa shape index (κ2) is 7.74. The van der Waals surface area contributed by atoms with Crippen molar-refractivity contribution in [2.45, 2.75) is 11.8 Å². The standard InChI is InChI=1S/C20H21N3O4S2/c1-14-21-18-8-3-15(13-19(18)28-14)20(24)22-9-11-23(12-10-22)29(25,26)17-6-4-16(27-2)5-7-17/h3-8,13H,9-12H2,1-2H3. The van der Waals surface area contributed by atoms with E-state index in [0.717, 1.165) is 15.2 Å². The van der Waals surface area contributed by atoms with E-state index >= 15 is 0 Å². The molecule has 0 atom stereocenters. The highest BCUT2D eigenvalue weighted by Crippen LogP contribution is 2.24. The van der Waals surface area contributed by atoms with Crippen molar-refractivity contribution < 1.29 is 17.9 Å². The van der Waals surface area contributed by atoms with Gasteiger partial charge in [-0.3, -0.25) is 4.79 Å². The van der Waals surface area contributed by atoms with E-state index in [9.17, 15) is 13.2 Å². The maximum atomic E-state index is 12.9. The molecule has 1 saturated heterocycles. The largest absolute Gasteiger partial charge is 0.497 e. The second-order valence-electron chi connectivity index (χ2n) is 6.79. The van der Waals surface area contributed by atoms with Crippen molar-refractivity contribution in [3.63, 3.8) is 0 Å². The van der Waals surface area contributed by atoms with Crippen LogP contribution < -0.4 is 4.74 Å². The second-order valence-corrected chi connectivity index (χ2v) is 9.96. The molecule has 0 unspecified atom stereocenters. The molecule has 1 aromatic heterocycles. The number of carbonyl (C=O) groups excluding carboxylic acids is 1. The third-order valence-corrected chi connectivity index (χ3v) is 7.81. The van der Waals surface area contributed by atoms with Crippen LogP contribution in [0.25, 0.3) is 10.2 Å². The molecule has 7 nitrogen and oxygen atoms in total. The van der Waals surface area contributed by atoms with Gasteiger partial charge in [0.2, 0.25) is 10.0 Å². The average molecular weight is 432 g/mol. The summed E-state index contributed by atoms with van der Waals surface area (Å²) in [6.45, 7) is 3.18. The van der Waals surface area contributed by atoms with Crippen LogP contribution in [-0.4, -0.2) is 61.8 Å². The number of methoxy groups -OCH3 is 1. The molecule has 0 aliphatic carbocycles. The molecule has 9 heteroatoms. The molecule has 1 aliphatic rings. The summed E-state index contributed by atoms with van der Waals surface area (Å²) in [5, 5.41) is 0.960. The first kappa shape index (κ1) is 19.8. The predicted molar refractivity (Wildman–Crippen MR) is 112 cm³/mol. The van der Waals surface area contributed by atoms with Gasteiger partial charge in [0.15, 0.2) is 0 Å². The van der Waals surface area contributed by atoms with Gasteiger partial charge in [-0.05, 0) is 49.4 Å². The van der Waals surface area contributed by atoms with Gasteiger partial charge in [0, 0.05) is 31.7 Å².